The summed E-state index contributed by atoms with van der Waals surface area (Å²) in [6.07, 6.45) is 2.83. The van der Waals surface area contributed by atoms with E-state index in [1.54, 1.807) is 6.08 Å². The molecule has 8 heteroatoms. The molecule has 0 spiro atoms. The second-order valence-electron chi connectivity index (χ2n) is 4.94. The van der Waals surface area contributed by atoms with Gasteiger partial charge in [0.1, 0.15) is 6.61 Å². The largest absolute Gasteiger partial charge is 0.390 e. The molecule has 1 rings (SSSR count). The van der Waals surface area contributed by atoms with E-state index in [0.29, 0.717) is 12.8 Å². The van der Waals surface area contributed by atoms with Crippen molar-refractivity contribution in [2.24, 2.45) is 0 Å². The topological polar surface area (TPSA) is 60.9 Å². The zero-order chi connectivity index (χ0) is 15.2. The van der Waals surface area contributed by atoms with Gasteiger partial charge < -0.3 is 5.11 Å². The molecule has 0 bridgehead atoms. The number of sulfonamides is 1. The Bertz CT molecular complexity index is 407. The van der Waals surface area contributed by atoms with Gasteiger partial charge in [-0.2, -0.15) is 4.31 Å². The fraction of sp³-hybridized carbons (Fsp3) is 0.833. The van der Waals surface area contributed by atoms with Crippen LogP contribution in [-0.2, 0) is 10.0 Å². The maximum Gasteiger partial charge on any atom is 0.283 e. The summed E-state index contributed by atoms with van der Waals surface area (Å²) < 4.78 is 51.4. The van der Waals surface area contributed by atoms with Crippen LogP contribution in [0, 0.1) is 0 Å². The summed E-state index contributed by atoms with van der Waals surface area (Å²) in [4.78, 5) is 1.48. The standard InChI is InChI=1S/C12H22F2N2O3S/c1-2-3-4-9-20(18,19)16-7-5-15(6-8-16)10-12(13,14)11-17/h2,17H,1,3-11H2. The fourth-order valence-corrected chi connectivity index (χ4v) is 3.59. The van der Waals surface area contributed by atoms with Crippen molar-refractivity contribution in [3.05, 3.63) is 12.7 Å². The summed E-state index contributed by atoms with van der Waals surface area (Å²) in [5.74, 6) is -3.07. The lowest BCUT2D eigenvalue weighted by Gasteiger charge is -2.35. The van der Waals surface area contributed by atoms with Gasteiger partial charge >= 0.3 is 0 Å². The number of halogens is 2. The highest BCUT2D eigenvalue weighted by atomic mass is 32.2. The minimum atomic E-state index is -3.31. The van der Waals surface area contributed by atoms with Crippen molar-refractivity contribution in [1.29, 1.82) is 0 Å². The van der Waals surface area contributed by atoms with Gasteiger partial charge in [0.25, 0.3) is 5.92 Å². The first-order valence-electron chi connectivity index (χ1n) is 6.60. The molecule has 0 saturated carbocycles. The monoisotopic (exact) mass is 312 g/mol. The maximum atomic E-state index is 13.0. The number of hydrogen-bond donors (Lipinski definition) is 1. The number of alkyl halides is 2. The first kappa shape index (κ1) is 17.5. The van der Waals surface area contributed by atoms with Gasteiger partial charge in [-0.05, 0) is 12.8 Å². The van der Waals surface area contributed by atoms with Crippen LogP contribution in [0.2, 0.25) is 0 Å². The number of rotatable bonds is 8. The van der Waals surface area contributed by atoms with E-state index < -0.39 is 29.1 Å². The average molecular weight is 312 g/mol. The van der Waals surface area contributed by atoms with Crippen LogP contribution >= 0.6 is 0 Å². The number of nitrogens with zero attached hydrogens (tertiary/aromatic N) is 2. The molecule has 1 aliphatic heterocycles. The summed E-state index contributed by atoms with van der Waals surface area (Å²) in [6, 6.07) is 0. The van der Waals surface area contributed by atoms with Crippen molar-refractivity contribution in [1.82, 2.24) is 9.21 Å². The van der Waals surface area contributed by atoms with Crippen LogP contribution in [0.25, 0.3) is 0 Å². The average Bonchev–Trinajstić information content (AvgIpc) is 2.39. The number of aliphatic hydroxyl groups excluding tert-OH is 1. The van der Waals surface area contributed by atoms with Crippen LogP contribution < -0.4 is 0 Å². The van der Waals surface area contributed by atoms with E-state index in [9.17, 15) is 17.2 Å². The summed E-state index contributed by atoms with van der Waals surface area (Å²) in [6.45, 7) is 2.78. The van der Waals surface area contributed by atoms with Crippen LogP contribution in [0.1, 0.15) is 12.8 Å². The van der Waals surface area contributed by atoms with Gasteiger partial charge in [-0.15, -0.1) is 6.58 Å². The molecule has 0 atom stereocenters. The van der Waals surface area contributed by atoms with Crippen molar-refractivity contribution in [2.45, 2.75) is 18.8 Å². The highest BCUT2D eigenvalue weighted by molar-refractivity contribution is 7.89. The predicted molar refractivity (Wildman–Crippen MR) is 73.3 cm³/mol. The Morgan fingerprint density at radius 2 is 1.85 bits per heavy atom. The van der Waals surface area contributed by atoms with E-state index in [2.05, 4.69) is 6.58 Å². The fourth-order valence-electron chi connectivity index (χ4n) is 2.08. The first-order chi connectivity index (χ1) is 9.30. The van der Waals surface area contributed by atoms with E-state index in [4.69, 9.17) is 5.11 Å². The summed E-state index contributed by atoms with van der Waals surface area (Å²) in [5.41, 5.74) is 0. The van der Waals surface area contributed by atoms with Crippen molar-refractivity contribution in [3.8, 4) is 0 Å². The summed E-state index contributed by atoms with van der Waals surface area (Å²) in [5, 5.41) is 8.54. The molecular formula is C12H22F2N2O3S. The van der Waals surface area contributed by atoms with Crippen LogP contribution in [0.3, 0.4) is 0 Å². The van der Waals surface area contributed by atoms with E-state index in [-0.39, 0.29) is 31.9 Å². The minimum Gasteiger partial charge on any atom is -0.390 e. The normalized spacial score (nSPS) is 19.1. The molecule has 1 saturated heterocycles. The highest BCUT2D eigenvalue weighted by Gasteiger charge is 2.34. The summed E-state index contributed by atoms with van der Waals surface area (Å²) >= 11 is 0. The molecule has 0 aromatic heterocycles. The van der Waals surface area contributed by atoms with Crippen molar-refractivity contribution >= 4 is 10.0 Å². The number of aliphatic hydroxyl groups is 1. The molecule has 5 nitrogen and oxygen atoms in total. The van der Waals surface area contributed by atoms with E-state index in [1.165, 1.54) is 9.21 Å². The van der Waals surface area contributed by atoms with Gasteiger partial charge in [0, 0.05) is 26.2 Å². The Morgan fingerprint density at radius 1 is 1.25 bits per heavy atom. The number of allylic oxidation sites excluding steroid dienone is 1. The Kier molecular flexibility index (Phi) is 6.50. The molecule has 0 aromatic rings. The van der Waals surface area contributed by atoms with E-state index in [0.717, 1.165) is 0 Å². The van der Waals surface area contributed by atoms with Gasteiger partial charge in [0.2, 0.25) is 10.0 Å². The van der Waals surface area contributed by atoms with E-state index in [1.807, 2.05) is 0 Å². The molecule has 0 aromatic carbocycles. The Labute approximate surface area is 118 Å². The van der Waals surface area contributed by atoms with Crippen LogP contribution in [0.5, 0.6) is 0 Å². The molecule has 1 fully saturated rings. The van der Waals surface area contributed by atoms with Crippen LogP contribution in [0.15, 0.2) is 12.7 Å². The number of hydrogen-bond acceptors (Lipinski definition) is 4. The maximum absolute atomic E-state index is 13.0. The second kappa shape index (κ2) is 7.44. The van der Waals surface area contributed by atoms with Gasteiger partial charge in [-0.3, -0.25) is 4.90 Å². The van der Waals surface area contributed by atoms with Crippen molar-refractivity contribution < 1.29 is 22.3 Å². The molecule has 0 radical (unpaired) electrons. The second-order valence-corrected chi connectivity index (χ2v) is 7.02. The molecule has 0 amide bonds. The Hall–Kier alpha value is -0.570. The van der Waals surface area contributed by atoms with Crippen LogP contribution in [-0.4, -0.2) is 73.7 Å². The lowest BCUT2D eigenvalue weighted by Crippen LogP contribution is -2.52. The quantitative estimate of drug-likeness (QED) is 0.524. The third-order valence-electron chi connectivity index (χ3n) is 3.22. The van der Waals surface area contributed by atoms with Gasteiger partial charge in [-0.25, -0.2) is 17.2 Å². The molecule has 20 heavy (non-hydrogen) atoms. The Morgan fingerprint density at radius 3 is 2.35 bits per heavy atom. The molecule has 118 valence electrons. The lowest BCUT2D eigenvalue weighted by molar-refractivity contribution is -0.0761. The predicted octanol–water partition coefficient (Wildman–Crippen LogP) is 0.528. The smallest absolute Gasteiger partial charge is 0.283 e. The number of unbranched alkanes of at least 4 members (excludes halogenated alkanes) is 1. The third-order valence-corrected chi connectivity index (χ3v) is 5.18. The molecule has 0 unspecified atom stereocenters. The molecule has 1 aliphatic rings. The van der Waals surface area contributed by atoms with Crippen molar-refractivity contribution in [3.63, 3.8) is 0 Å². The molecule has 1 N–H and O–H groups in total. The van der Waals surface area contributed by atoms with Crippen molar-refractivity contribution in [2.75, 3.05) is 45.1 Å². The lowest BCUT2D eigenvalue weighted by atomic mass is 10.3. The van der Waals surface area contributed by atoms with Gasteiger partial charge in [-0.1, -0.05) is 6.08 Å². The third kappa shape index (κ3) is 5.43. The van der Waals surface area contributed by atoms with Crippen LogP contribution in [0.4, 0.5) is 8.78 Å². The molecule has 1 heterocycles. The Balaban J connectivity index is 2.43. The summed E-state index contributed by atoms with van der Waals surface area (Å²) in [7, 11) is -3.31. The van der Waals surface area contributed by atoms with Gasteiger partial charge in [0.15, 0.2) is 0 Å². The molecular weight excluding hydrogens is 290 g/mol. The highest BCUT2D eigenvalue weighted by Crippen LogP contribution is 2.17. The van der Waals surface area contributed by atoms with E-state index >= 15 is 0 Å². The molecule has 0 aliphatic carbocycles. The zero-order valence-corrected chi connectivity index (χ0v) is 12.3. The minimum absolute atomic E-state index is 0.0613. The zero-order valence-electron chi connectivity index (χ0n) is 11.5. The first-order valence-corrected chi connectivity index (χ1v) is 8.21. The SMILES string of the molecule is C=CCCCS(=O)(=O)N1CCN(CC(F)(F)CO)CC1. The van der Waals surface area contributed by atoms with Gasteiger partial charge in [0.05, 0.1) is 12.3 Å². The number of piperazine rings is 1.